The number of carbonyl (C=O) groups excluding carboxylic acids is 2. The number of nitrogens with one attached hydrogen (secondary N) is 4. The van der Waals surface area contributed by atoms with Crippen LogP contribution in [0.1, 0.15) is 47.9 Å². The molecular weight excluding hydrogens is 745 g/mol. The Kier molecular flexibility index (Phi) is 12.7. The van der Waals surface area contributed by atoms with E-state index in [-0.39, 0.29) is 23.9 Å². The standard InChI is InChI=1S/C45H45Cl2N5O4/c1-55-35-18-10-28(11-19-35)9-12-29-23-30(13-14-31(29)24-48-26-33-16-21-41(53)50-33)36-5-3-6-37(43(36)46)38-7-4-8-39(44(38)47)40-20-15-32(45(52-40)56-2)25-49-27-34-17-22-42(54)51-34/h3-15,18-20,23,33-34,48-49H,16-17,21-22,24-27H2,1-2H3,(H,50,53)(H,51,54)/b12-9+/t33-,34-/m0/s1. The zero-order valence-electron chi connectivity index (χ0n) is 31.5. The van der Waals surface area contributed by atoms with Gasteiger partial charge in [0.25, 0.3) is 0 Å². The van der Waals surface area contributed by atoms with Gasteiger partial charge in [-0.05, 0) is 59.4 Å². The molecule has 2 saturated heterocycles. The predicted molar refractivity (Wildman–Crippen MR) is 225 cm³/mol. The highest BCUT2D eigenvalue weighted by Crippen LogP contribution is 2.42. The average Bonchev–Trinajstić information content (AvgIpc) is 3.84. The van der Waals surface area contributed by atoms with Crippen molar-refractivity contribution in [2.75, 3.05) is 27.3 Å². The number of amides is 2. The molecule has 4 N–H and O–H groups in total. The molecule has 1 aromatic heterocycles. The zero-order chi connectivity index (χ0) is 39.0. The second-order valence-corrected chi connectivity index (χ2v) is 14.8. The first-order valence-electron chi connectivity index (χ1n) is 18.9. The van der Waals surface area contributed by atoms with Gasteiger partial charge in [0.1, 0.15) is 5.75 Å². The summed E-state index contributed by atoms with van der Waals surface area (Å²) in [7, 11) is 3.27. The summed E-state index contributed by atoms with van der Waals surface area (Å²) >= 11 is 14.5. The molecule has 0 spiro atoms. The fourth-order valence-corrected chi connectivity index (χ4v) is 7.90. The van der Waals surface area contributed by atoms with Crippen LogP contribution in [0.2, 0.25) is 10.0 Å². The van der Waals surface area contributed by atoms with Crippen molar-refractivity contribution >= 4 is 47.2 Å². The Morgan fingerprint density at radius 1 is 0.696 bits per heavy atom. The first kappa shape index (κ1) is 39.1. The van der Waals surface area contributed by atoms with Crippen LogP contribution in [0.3, 0.4) is 0 Å². The normalized spacial score (nSPS) is 16.6. The lowest BCUT2D eigenvalue weighted by Gasteiger charge is -2.16. The first-order chi connectivity index (χ1) is 27.3. The summed E-state index contributed by atoms with van der Waals surface area (Å²) in [4.78, 5) is 28.1. The molecule has 0 radical (unpaired) electrons. The summed E-state index contributed by atoms with van der Waals surface area (Å²) in [5.74, 6) is 1.52. The van der Waals surface area contributed by atoms with Gasteiger partial charge in [-0.1, -0.05) is 102 Å². The van der Waals surface area contributed by atoms with E-state index >= 15 is 0 Å². The van der Waals surface area contributed by atoms with Crippen molar-refractivity contribution in [2.24, 2.45) is 0 Å². The van der Waals surface area contributed by atoms with E-state index in [0.717, 1.165) is 68.7 Å². The second kappa shape index (κ2) is 18.2. The van der Waals surface area contributed by atoms with Crippen LogP contribution in [0.5, 0.6) is 11.6 Å². The van der Waals surface area contributed by atoms with Crippen molar-refractivity contribution in [1.82, 2.24) is 26.3 Å². The van der Waals surface area contributed by atoms with Gasteiger partial charge in [0.15, 0.2) is 0 Å². The van der Waals surface area contributed by atoms with E-state index in [9.17, 15) is 9.59 Å². The molecule has 2 aliphatic rings. The van der Waals surface area contributed by atoms with Crippen LogP contribution in [-0.2, 0) is 22.7 Å². The smallest absolute Gasteiger partial charge is 0.220 e. The number of nitrogens with zero attached hydrogens (tertiary/aromatic N) is 1. The van der Waals surface area contributed by atoms with E-state index in [0.29, 0.717) is 60.6 Å². The van der Waals surface area contributed by atoms with E-state index in [1.54, 1.807) is 14.2 Å². The van der Waals surface area contributed by atoms with Crippen molar-refractivity contribution in [2.45, 2.75) is 50.9 Å². The van der Waals surface area contributed by atoms with Gasteiger partial charge in [-0.3, -0.25) is 9.59 Å². The van der Waals surface area contributed by atoms with Gasteiger partial charge in [0.2, 0.25) is 17.7 Å². The molecule has 2 fully saturated rings. The molecule has 2 atom stereocenters. The Bertz CT molecular complexity index is 2240. The Morgan fingerprint density at radius 3 is 1.89 bits per heavy atom. The number of hydrogen-bond donors (Lipinski definition) is 4. The quantitative estimate of drug-likeness (QED) is 0.0790. The van der Waals surface area contributed by atoms with E-state index < -0.39 is 0 Å². The Morgan fingerprint density at radius 2 is 1.29 bits per heavy atom. The minimum Gasteiger partial charge on any atom is -0.497 e. The molecule has 56 heavy (non-hydrogen) atoms. The summed E-state index contributed by atoms with van der Waals surface area (Å²) in [6.45, 7) is 2.57. The Balaban J connectivity index is 1.14. The van der Waals surface area contributed by atoms with E-state index in [1.165, 1.54) is 0 Å². The van der Waals surface area contributed by atoms with E-state index in [4.69, 9.17) is 37.7 Å². The number of pyridine rings is 1. The highest BCUT2D eigenvalue weighted by molar-refractivity contribution is 6.39. The highest BCUT2D eigenvalue weighted by atomic mass is 35.5. The van der Waals surface area contributed by atoms with Crippen molar-refractivity contribution in [3.05, 3.63) is 123 Å². The Labute approximate surface area is 337 Å². The van der Waals surface area contributed by atoms with Crippen LogP contribution in [-0.4, -0.2) is 56.2 Å². The summed E-state index contributed by atoms with van der Waals surface area (Å²) < 4.78 is 11.0. The average molecular weight is 791 g/mol. The van der Waals surface area contributed by atoms with Gasteiger partial charge in [0.05, 0.1) is 30.0 Å². The second-order valence-electron chi connectivity index (χ2n) is 14.1. The van der Waals surface area contributed by atoms with Crippen LogP contribution < -0.4 is 30.7 Å². The maximum Gasteiger partial charge on any atom is 0.220 e. The van der Waals surface area contributed by atoms with E-state index in [1.807, 2.05) is 72.8 Å². The monoisotopic (exact) mass is 789 g/mol. The fourth-order valence-electron chi connectivity index (χ4n) is 7.23. The molecule has 9 nitrogen and oxygen atoms in total. The summed E-state index contributed by atoms with van der Waals surface area (Å²) in [6.07, 6.45) is 7.03. The fraction of sp³-hybridized carbons (Fsp3) is 0.267. The predicted octanol–water partition coefficient (Wildman–Crippen LogP) is 8.31. The lowest BCUT2D eigenvalue weighted by Crippen LogP contribution is -2.35. The van der Waals surface area contributed by atoms with Gasteiger partial charge >= 0.3 is 0 Å². The maximum absolute atomic E-state index is 11.7. The van der Waals surface area contributed by atoms with Crippen molar-refractivity contribution in [3.8, 4) is 45.1 Å². The van der Waals surface area contributed by atoms with Crippen LogP contribution in [0.25, 0.3) is 45.7 Å². The number of benzene rings is 4. The van der Waals surface area contributed by atoms with Crippen LogP contribution >= 0.6 is 23.2 Å². The summed E-state index contributed by atoms with van der Waals surface area (Å²) in [5.41, 5.74) is 9.02. The topological polar surface area (TPSA) is 114 Å². The summed E-state index contributed by atoms with van der Waals surface area (Å²) in [6, 6.07) is 30.4. The molecule has 2 amide bonds. The third-order valence-corrected chi connectivity index (χ3v) is 11.1. The number of ether oxygens (including phenoxy) is 2. The molecule has 4 aromatic carbocycles. The number of rotatable bonds is 15. The molecule has 2 aliphatic heterocycles. The molecule has 11 heteroatoms. The van der Waals surface area contributed by atoms with Gasteiger partial charge in [-0.2, -0.15) is 0 Å². The minimum atomic E-state index is 0.0995. The van der Waals surface area contributed by atoms with Gasteiger partial charge in [-0.25, -0.2) is 4.98 Å². The van der Waals surface area contributed by atoms with Crippen LogP contribution in [0.4, 0.5) is 0 Å². The van der Waals surface area contributed by atoms with Gasteiger partial charge in [-0.15, -0.1) is 0 Å². The van der Waals surface area contributed by atoms with Crippen LogP contribution in [0.15, 0.2) is 91.0 Å². The zero-order valence-corrected chi connectivity index (χ0v) is 33.0. The molecule has 5 aromatic rings. The Hall–Kier alpha value is -5.19. The number of aromatic nitrogens is 1. The molecule has 3 heterocycles. The third-order valence-electron chi connectivity index (χ3n) is 10.3. The van der Waals surface area contributed by atoms with E-state index in [2.05, 4.69) is 51.6 Å². The lowest BCUT2D eigenvalue weighted by atomic mass is 9.94. The molecule has 0 saturated carbocycles. The molecule has 0 bridgehead atoms. The summed E-state index contributed by atoms with van der Waals surface area (Å²) in [5, 5.41) is 14.1. The molecule has 0 unspecified atom stereocenters. The van der Waals surface area contributed by atoms with Gasteiger partial charge in [0, 0.05) is 78.9 Å². The molecule has 7 rings (SSSR count). The van der Waals surface area contributed by atoms with Crippen LogP contribution in [0, 0.1) is 0 Å². The number of carbonyl (C=O) groups is 2. The number of halogens is 2. The SMILES string of the molecule is COc1ccc(/C=C/c2cc(-c3cccc(-c4cccc(-c5ccc(CNC[C@@H]6CCC(=O)N6)c(OC)n5)c4Cl)c3Cl)ccc2CNC[C@@H]2CCC(=O)N2)cc1. The number of hydrogen-bond acceptors (Lipinski definition) is 7. The first-order valence-corrected chi connectivity index (χ1v) is 19.6. The number of methoxy groups -OCH3 is 2. The maximum atomic E-state index is 11.7. The third kappa shape index (κ3) is 9.25. The largest absolute Gasteiger partial charge is 0.497 e. The van der Waals surface area contributed by atoms with Crippen molar-refractivity contribution in [1.29, 1.82) is 0 Å². The minimum absolute atomic E-state index is 0.0995. The molecular formula is C45H45Cl2N5O4. The lowest BCUT2D eigenvalue weighted by molar-refractivity contribution is -0.120. The molecule has 288 valence electrons. The molecule has 0 aliphatic carbocycles. The van der Waals surface area contributed by atoms with Gasteiger partial charge < -0.3 is 30.7 Å². The van der Waals surface area contributed by atoms with Crippen molar-refractivity contribution < 1.29 is 19.1 Å². The van der Waals surface area contributed by atoms with Crippen molar-refractivity contribution in [3.63, 3.8) is 0 Å². The highest BCUT2D eigenvalue weighted by Gasteiger charge is 2.22.